The summed E-state index contributed by atoms with van der Waals surface area (Å²) >= 11 is 0. The number of aromatic nitrogens is 2. The summed E-state index contributed by atoms with van der Waals surface area (Å²) in [7, 11) is 3.10. The van der Waals surface area contributed by atoms with Crippen molar-refractivity contribution >= 4 is 17.8 Å². The van der Waals surface area contributed by atoms with E-state index in [4.69, 9.17) is 4.74 Å². The highest BCUT2D eigenvalue weighted by molar-refractivity contribution is 5.88. The summed E-state index contributed by atoms with van der Waals surface area (Å²) in [5.74, 6) is -0.215. The number of nitrogens with zero attached hydrogens (tertiary/aromatic N) is 2. The van der Waals surface area contributed by atoms with Gasteiger partial charge < -0.3 is 10.1 Å². The van der Waals surface area contributed by atoms with Gasteiger partial charge in [0.05, 0.1) is 18.7 Å². The summed E-state index contributed by atoms with van der Waals surface area (Å²) < 4.78 is 6.45. The molecule has 134 valence electrons. The lowest BCUT2D eigenvalue weighted by Gasteiger charge is -2.16. The summed E-state index contributed by atoms with van der Waals surface area (Å²) in [6.07, 6.45) is 0.499. The van der Waals surface area contributed by atoms with Crippen molar-refractivity contribution in [2.75, 3.05) is 19.0 Å². The Bertz CT molecular complexity index is 755. The Morgan fingerprint density at radius 2 is 2.04 bits per heavy atom. The Balaban J connectivity index is 1.96. The Hall–Kier alpha value is -2.83. The van der Waals surface area contributed by atoms with Gasteiger partial charge in [-0.05, 0) is 25.8 Å². The van der Waals surface area contributed by atoms with Gasteiger partial charge in [0.2, 0.25) is 0 Å². The first kappa shape index (κ1) is 18.5. The molecule has 1 aromatic carbocycles. The van der Waals surface area contributed by atoms with Crippen molar-refractivity contribution in [3.8, 4) is 0 Å². The lowest BCUT2D eigenvalue weighted by molar-refractivity contribution is -0.145. The number of carbonyl (C=O) groups excluding carboxylic acids is 2. The van der Waals surface area contributed by atoms with E-state index in [9.17, 15) is 9.59 Å². The lowest BCUT2D eigenvalue weighted by Crippen LogP contribution is -2.37. The molecule has 2 aromatic rings. The standard InChI is InChI=1S/C18H24N4O3/c1-12-6-5-7-14(8-12)10-15(17(23)25-4)11-19-18(24)20-16-9-13(2)21-22(16)3/h5-9,15H,10-11H2,1-4H3,(H2,19,20,24)/t15-/m0/s1. The molecular weight excluding hydrogens is 320 g/mol. The van der Waals surface area contributed by atoms with E-state index in [1.807, 2.05) is 38.1 Å². The van der Waals surface area contributed by atoms with Crippen LogP contribution in [0.15, 0.2) is 30.3 Å². The first-order valence-electron chi connectivity index (χ1n) is 8.08. The normalized spacial score (nSPS) is 11.7. The number of hydrogen-bond acceptors (Lipinski definition) is 4. The molecule has 1 aromatic heterocycles. The molecule has 7 nitrogen and oxygen atoms in total. The molecule has 25 heavy (non-hydrogen) atoms. The first-order valence-corrected chi connectivity index (χ1v) is 8.08. The number of rotatable bonds is 6. The lowest BCUT2D eigenvalue weighted by atomic mass is 9.98. The number of benzene rings is 1. The molecule has 0 bridgehead atoms. The molecule has 2 rings (SSSR count). The number of ether oxygens (including phenoxy) is 1. The molecule has 0 spiro atoms. The van der Waals surface area contributed by atoms with Crippen molar-refractivity contribution in [3.63, 3.8) is 0 Å². The maximum absolute atomic E-state index is 12.1. The number of carbonyl (C=O) groups is 2. The summed E-state index contributed by atoms with van der Waals surface area (Å²) in [4.78, 5) is 24.1. The van der Waals surface area contributed by atoms with E-state index >= 15 is 0 Å². The number of esters is 1. The smallest absolute Gasteiger partial charge is 0.320 e. The van der Waals surface area contributed by atoms with E-state index in [0.717, 1.165) is 16.8 Å². The molecule has 0 fully saturated rings. The van der Waals surface area contributed by atoms with E-state index in [2.05, 4.69) is 15.7 Å². The number of nitrogens with one attached hydrogen (secondary N) is 2. The van der Waals surface area contributed by atoms with Crippen molar-refractivity contribution in [3.05, 3.63) is 47.2 Å². The van der Waals surface area contributed by atoms with Crippen LogP contribution in [0.3, 0.4) is 0 Å². The average Bonchev–Trinajstić information content (AvgIpc) is 2.88. The van der Waals surface area contributed by atoms with Gasteiger partial charge in [-0.25, -0.2) is 4.79 Å². The number of aryl methyl sites for hydroxylation is 3. The highest BCUT2D eigenvalue weighted by Gasteiger charge is 2.21. The van der Waals surface area contributed by atoms with Crippen molar-refractivity contribution in [2.45, 2.75) is 20.3 Å². The van der Waals surface area contributed by atoms with Crippen LogP contribution >= 0.6 is 0 Å². The van der Waals surface area contributed by atoms with Gasteiger partial charge in [-0.15, -0.1) is 0 Å². The fourth-order valence-corrected chi connectivity index (χ4v) is 2.63. The van der Waals surface area contributed by atoms with Gasteiger partial charge >= 0.3 is 12.0 Å². The zero-order valence-electron chi connectivity index (χ0n) is 15.0. The SMILES string of the molecule is COC(=O)[C@H](CNC(=O)Nc1cc(C)nn1C)Cc1cccc(C)c1. The van der Waals surface area contributed by atoms with E-state index in [1.54, 1.807) is 17.8 Å². The number of urea groups is 1. The van der Waals surface area contributed by atoms with Gasteiger partial charge in [-0.2, -0.15) is 5.10 Å². The predicted molar refractivity (Wildman–Crippen MR) is 95.4 cm³/mol. The highest BCUT2D eigenvalue weighted by atomic mass is 16.5. The molecule has 0 radical (unpaired) electrons. The Morgan fingerprint density at radius 3 is 2.64 bits per heavy atom. The van der Waals surface area contributed by atoms with Crippen LogP contribution in [0.2, 0.25) is 0 Å². The second kappa shape index (κ2) is 8.32. The third-order valence-electron chi connectivity index (χ3n) is 3.85. The van der Waals surface area contributed by atoms with Crippen molar-refractivity contribution in [1.82, 2.24) is 15.1 Å². The second-order valence-corrected chi connectivity index (χ2v) is 6.04. The fraction of sp³-hybridized carbons (Fsp3) is 0.389. The third-order valence-corrected chi connectivity index (χ3v) is 3.85. The van der Waals surface area contributed by atoms with Crippen LogP contribution in [-0.4, -0.2) is 35.4 Å². The van der Waals surface area contributed by atoms with E-state index in [0.29, 0.717) is 12.2 Å². The third kappa shape index (κ3) is 5.34. The summed E-state index contributed by atoms with van der Waals surface area (Å²) in [6.45, 7) is 4.03. The largest absolute Gasteiger partial charge is 0.469 e. The number of anilines is 1. The summed E-state index contributed by atoms with van der Waals surface area (Å²) in [5.41, 5.74) is 2.96. The van der Waals surface area contributed by atoms with Crippen LogP contribution in [0.25, 0.3) is 0 Å². The Kier molecular flexibility index (Phi) is 6.16. The van der Waals surface area contributed by atoms with E-state index in [1.165, 1.54) is 7.11 Å². The number of methoxy groups -OCH3 is 1. The molecule has 0 aliphatic heterocycles. The van der Waals surface area contributed by atoms with E-state index in [-0.39, 0.29) is 18.5 Å². The van der Waals surface area contributed by atoms with Gasteiger partial charge in [0.1, 0.15) is 5.82 Å². The minimum absolute atomic E-state index is 0.184. The maximum atomic E-state index is 12.1. The quantitative estimate of drug-likeness (QED) is 0.787. The molecule has 0 saturated heterocycles. The highest BCUT2D eigenvalue weighted by Crippen LogP contribution is 2.12. The number of hydrogen-bond donors (Lipinski definition) is 2. The van der Waals surface area contributed by atoms with Gasteiger partial charge in [0, 0.05) is 19.7 Å². The van der Waals surface area contributed by atoms with Crippen LogP contribution in [0.4, 0.5) is 10.6 Å². The van der Waals surface area contributed by atoms with Crippen LogP contribution in [0.1, 0.15) is 16.8 Å². The maximum Gasteiger partial charge on any atom is 0.320 e. The molecule has 0 saturated carbocycles. The molecule has 1 atom stereocenters. The first-order chi connectivity index (χ1) is 11.9. The van der Waals surface area contributed by atoms with Crippen molar-refractivity contribution in [2.24, 2.45) is 13.0 Å². The van der Waals surface area contributed by atoms with Crippen LogP contribution in [0, 0.1) is 19.8 Å². The minimum Gasteiger partial charge on any atom is -0.469 e. The van der Waals surface area contributed by atoms with Crippen molar-refractivity contribution < 1.29 is 14.3 Å². The van der Waals surface area contributed by atoms with E-state index < -0.39 is 5.92 Å². The average molecular weight is 344 g/mol. The second-order valence-electron chi connectivity index (χ2n) is 6.04. The van der Waals surface area contributed by atoms with Crippen molar-refractivity contribution in [1.29, 1.82) is 0 Å². The topological polar surface area (TPSA) is 85.2 Å². The van der Waals surface area contributed by atoms with Crippen LogP contribution in [-0.2, 0) is 23.0 Å². The Morgan fingerprint density at radius 1 is 1.28 bits per heavy atom. The predicted octanol–water partition coefficient (Wildman–Crippen LogP) is 2.19. The Labute approximate surface area is 147 Å². The van der Waals surface area contributed by atoms with Crippen LogP contribution in [0.5, 0.6) is 0 Å². The molecular formula is C18H24N4O3. The molecule has 0 unspecified atom stereocenters. The summed E-state index contributed by atoms with van der Waals surface area (Å²) in [6, 6.07) is 9.31. The van der Waals surface area contributed by atoms with Gasteiger partial charge in [-0.1, -0.05) is 29.8 Å². The molecule has 0 aliphatic carbocycles. The number of amides is 2. The van der Waals surface area contributed by atoms with Gasteiger partial charge in [-0.3, -0.25) is 14.8 Å². The molecule has 0 aliphatic rings. The summed E-state index contributed by atoms with van der Waals surface area (Å²) in [5, 5.41) is 9.61. The van der Waals surface area contributed by atoms with Crippen LogP contribution < -0.4 is 10.6 Å². The molecule has 7 heteroatoms. The molecule has 1 heterocycles. The fourth-order valence-electron chi connectivity index (χ4n) is 2.63. The molecule has 2 amide bonds. The molecule has 2 N–H and O–H groups in total. The zero-order chi connectivity index (χ0) is 18.4. The zero-order valence-corrected chi connectivity index (χ0v) is 15.0. The van der Waals surface area contributed by atoms with Gasteiger partial charge in [0.15, 0.2) is 0 Å². The minimum atomic E-state index is -0.453. The monoisotopic (exact) mass is 344 g/mol. The van der Waals surface area contributed by atoms with Gasteiger partial charge in [0.25, 0.3) is 0 Å².